The molecule has 0 unspecified atom stereocenters. The summed E-state index contributed by atoms with van der Waals surface area (Å²) in [6.45, 7) is 6.89. The van der Waals surface area contributed by atoms with Crippen LogP contribution in [-0.4, -0.2) is 110 Å². The minimum atomic E-state index is -1.76. The fourth-order valence-electron chi connectivity index (χ4n) is 5.69. The van der Waals surface area contributed by atoms with E-state index in [1.165, 1.54) is 18.2 Å². The Morgan fingerprint density at radius 1 is 0.865 bits per heavy atom. The number of benzene rings is 1. The zero-order valence-electron chi connectivity index (χ0n) is 29.6. The lowest BCUT2D eigenvalue weighted by Gasteiger charge is -2.31. The maximum atomic E-state index is 14.2. The van der Waals surface area contributed by atoms with Gasteiger partial charge in [-0.25, -0.2) is 9.18 Å². The number of carboxylic acids is 3. The number of nitrogens with zero attached hydrogens (tertiary/aromatic N) is 1. The number of likely N-dealkylation sites (tertiary alicyclic amines) is 1. The molecule has 0 aliphatic carbocycles. The Balaban J connectivity index is 2.36. The van der Waals surface area contributed by atoms with Crippen LogP contribution in [-0.2, 0) is 44.8 Å². The molecule has 1 aromatic carbocycles. The maximum Gasteiger partial charge on any atom is 0.326 e. The second kappa shape index (κ2) is 20.0. The Bertz CT molecular complexity index is 1490. The fourth-order valence-corrected chi connectivity index (χ4v) is 5.69. The first kappa shape index (κ1) is 43.0. The highest BCUT2D eigenvalue weighted by molar-refractivity contribution is 5.97. The first-order valence-corrected chi connectivity index (χ1v) is 17.0. The smallest absolute Gasteiger partial charge is 0.326 e. The van der Waals surface area contributed by atoms with E-state index in [-0.39, 0.29) is 44.6 Å². The van der Waals surface area contributed by atoms with Gasteiger partial charge in [0.1, 0.15) is 36.0 Å². The van der Waals surface area contributed by atoms with Crippen molar-refractivity contribution in [1.29, 1.82) is 0 Å². The molecule has 1 aromatic rings. The van der Waals surface area contributed by atoms with Crippen LogP contribution in [0.15, 0.2) is 24.3 Å². The molecule has 2 rings (SSSR count). The molecule has 9 N–H and O–H groups in total. The molecule has 0 saturated carbocycles. The molecule has 0 aromatic heterocycles. The van der Waals surface area contributed by atoms with Gasteiger partial charge in [0.05, 0.1) is 12.5 Å². The van der Waals surface area contributed by atoms with Crippen molar-refractivity contribution in [2.45, 2.75) is 109 Å². The summed E-state index contributed by atoms with van der Waals surface area (Å²) in [5, 5.41) is 37.3. The molecular weight excluding hydrogens is 687 g/mol. The number of carbonyl (C=O) groups excluding carboxylic acids is 5. The van der Waals surface area contributed by atoms with Crippen molar-refractivity contribution in [1.82, 2.24) is 26.2 Å². The van der Waals surface area contributed by atoms with Crippen molar-refractivity contribution >= 4 is 47.4 Å². The van der Waals surface area contributed by atoms with Crippen molar-refractivity contribution in [3.63, 3.8) is 0 Å². The van der Waals surface area contributed by atoms with E-state index in [2.05, 4.69) is 21.3 Å². The Morgan fingerprint density at radius 3 is 2.08 bits per heavy atom. The standard InChI is InChI=1S/C34H49FN6O11/c1-17(2)13-22(37-32(49)28(18(3)4)40-29(46)21(36)10-11-26(42)43)30(47)38-23(15-19-7-5-8-20(35)14-19)33(50)41-12-6-9-25(41)31(48)39-24(34(51)52)16-27(44)45/h5,7-8,14,17-18,21-25,28H,6,9-13,15-16,36H2,1-4H3,(H,37,49)(H,38,47)(H,39,48)(H,40,46)(H,42,43)(H,44,45)(H,51,52)/t21-,22-,23-,24-,25+,28-/m0/s1. The maximum absolute atomic E-state index is 14.2. The predicted molar refractivity (Wildman–Crippen MR) is 182 cm³/mol. The summed E-state index contributed by atoms with van der Waals surface area (Å²) in [5.41, 5.74) is 6.13. The molecular formula is C34H49FN6O11. The van der Waals surface area contributed by atoms with Crippen LogP contribution in [0.2, 0.25) is 0 Å². The van der Waals surface area contributed by atoms with Gasteiger partial charge >= 0.3 is 17.9 Å². The van der Waals surface area contributed by atoms with E-state index in [0.717, 1.165) is 11.0 Å². The third kappa shape index (κ3) is 13.5. The van der Waals surface area contributed by atoms with Gasteiger partial charge in [-0.05, 0) is 55.2 Å². The highest BCUT2D eigenvalue weighted by Gasteiger charge is 2.40. The number of hydrogen-bond donors (Lipinski definition) is 8. The largest absolute Gasteiger partial charge is 0.481 e. The zero-order chi connectivity index (χ0) is 39.3. The normalized spacial score (nSPS) is 17.0. The van der Waals surface area contributed by atoms with Gasteiger partial charge in [0, 0.05) is 19.4 Å². The molecule has 17 nitrogen and oxygen atoms in total. The van der Waals surface area contributed by atoms with Crippen LogP contribution in [0.3, 0.4) is 0 Å². The minimum absolute atomic E-state index is 0.0413. The summed E-state index contributed by atoms with van der Waals surface area (Å²) >= 11 is 0. The Labute approximate surface area is 300 Å². The van der Waals surface area contributed by atoms with Crippen molar-refractivity contribution in [2.75, 3.05) is 6.54 Å². The van der Waals surface area contributed by atoms with Crippen molar-refractivity contribution in [3.8, 4) is 0 Å². The van der Waals surface area contributed by atoms with Gasteiger partial charge in [-0.1, -0.05) is 39.8 Å². The van der Waals surface area contributed by atoms with Gasteiger partial charge in [0.15, 0.2) is 0 Å². The van der Waals surface area contributed by atoms with Crippen LogP contribution >= 0.6 is 0 Å². The summed E-state index contributed by atoms with van der Waals surface area (Å²) < 4.78 is 14.2. The summed E-state index contributed by atoms with van der Waals surface area (Å²) in [6, 6.07) is -2.68. The molecule has 288 valence electrons. The lowest BCUT2D eigenvalue weighted by Crippen LogP contribution is -2.60. The molecule has 0 bridgehead atoms. The van der Waals surface area contributed by atoms with E-state index in [0.29, 0.717) is 12.0 Å². The van der Waals surface area contributed by atoms with Gasteiger partial charge in [-0.3, -0.25) is 33.6 Å². The zero-order valence-corrected chi connectivity index (χ0v) is 29.6. The summed E-state index contributed by atoms with van der Waals surface area (Å²) in [4.78, 5) is 102. The predicted octanol–water partition coefficient (Wildman–Crippen LogP) is -0.248. The van der Waals surface area contributed by atoms with Crippen LogP contribution in [0, 0.1) is 17.7 Å². The molecule has 1 aliphatic rings. The lowest BCUT2D eigenvalue weighted by molar-refractivity contribution is -0.148. The van der Waals surface area contributed by atoms with E-state index in [1.807, 2.05) is 0 Å². The molecule has 5 amide bonds. The summed E-state index contributed by atoms with van der Waals surface area (Å²) in [6.07, 6.45) is -1.14. The van der Waals surface area contributed by atoms with Gasteiger partial charge < -0.3 is 47.2 Å². The van der Waals surface area contributed by atoms with E-state index < -0.39 is 102 Å². The molecule has 0 radical (unpaired) electrons. The number of hydrogen-bond acceptors (Lipinski definition) is 9. The number of aliphatic carboxylic acids is 3. The third-order valence-corrected chi connectivity index (χ3v) is 8.37. The number of rotatable bonds is 20. The summed E-state index contributed by atoms with van der Waals surface area (Å²) in [7, 11) is 0. The van der Waals surface area contributed by atoms with Crippen molar-refractivity contribution in [2.24, 2.45) is 17.6 Å². The first-order valence-electron chi connectivity index (χ1n) is 17.0. The SMILES string of the molecule is CC(C)C[C@H](NC(=O)[C@@H](NC(=O)[C@@H](N)CCC(=O)O)C(C)C)C(=O)N[C@@H](Cc1cccc(F)c1)C(=O)N1CCC[C@@H]1C(=O)N[C@@H](CC(=O)O)C(=O)O. The highest BCUT2D eigenvalue weighted by atomic mass is 19.1. The topological polar surface area (TPSA) is 275 Å². The number of nitrogens with one attached hydrogen (secondary N) is 4. The molecule has 6 atom stereocenters. The van der Waals surface area contributed by atoms with Crippen LogP contribution in [0.5, 0.6) is 0 Å². The van der Waals surface area contributed by atoms with Crippen molar-refractivity contribution in [3.05, 3.63) is 35.6 Å². The number of nitrogens with two attached hydrogens (primary N) is 1. The van der Waals surface area contributed by atoms with Gasteiger partial charge in [0.25, 0.3) is 0 Å². The monoisotopic (exact) mass is 736 g/mol. The quantitative estimate of drug-likeness (QED) is 0.0861. The molecule has 0 spiro atoms. The molecule has 1 fully saturated rings. The number of carboxylic acid groups (broad SMARTS) is 3. The Morgan fingerprint density at radius 2 is 1.52 bits per heavy atom. The molecule has 1 heterocycles. The average Bonchev–Trinajstić information content (AvgIpc) is 3.54. The van der Waals surface area contributed by atoms with E-state index in [4.69, 9.17) is 15.9 Å². The molecule has 18 heteroatoms. The highest BCUT2D eigenvalue weighted by Crippen LogP contribution is 2.21. The molecule has 52 heavy (non-hydrogen) atoms. The number of halogens is 1. The van der Waals surface area contributed by atoms with Gasteiger partial charge in [-0.2, -0.15) is 0 Å². The third-order valence-electron chi connectivity index (χ3n) is 8.37. The Hall–Kier alpha value is -5.13. The number of amides is 5. The lowest BCUT2D eigenvalue weighted by atomic mass is 9.98. The molecule has 1 aliphatic heterocycles. The van der Waals surface area contributed by atoms with E-state index >= 15 is 0 Å². The van der Waals surface area contributed by atoms with Crippen molar-refractivity contribution < 1.29 is 58.1 Å². The average molecular weight is 737 g/mol. The van der Waals surface area contributed by atoms with E-state index in [9.17, 15) is 47.9 Å². The van der Waals surface area contributed by atoms with E-state index in [1.54, 1.807) is 27.7 Å². The van der Waals surface area contributed by atoms with Crippen LogP contribution in [0.25, 0.3) is 0 Å². The van der Waals surface area contributed by atoms with Crippen LogP contribution < -0.4 is 27.0 Å². The van der Waals surface area contributed by atoms with Crippen LogP contribution in [0.1, 0.15) is 71.8 Å². The second-order valence-corrected chi connectivity index (χ2v) is 13.5. The first-order chi connectivity index (χ1) is 24.3. The molecule has 1 saturated heterocycles. The van der Waals surface area contributed by atoms with Gasteiger partial charge in [-0.15, -0.1) is 0 Å². The fraction of sp³-hybridized carbons (Fsp3) is 0.588. The summed E-state index contributed by atoms with van der Waals surface area (Å²) in [5.74, 6) is -9.41. The van der Waals surface area contributed by atoms with Crippen LogP contribution in [0.4, 0.5) is 4.39 Å². The van der Waals surface area contributed by atoms with Gasteiger partial charge in [0.2, 0.25) is 29.5 Å². The minimum Gasteiger partial charge on any atom is -0.481 e. The second-order valence-electron chi connectivity index (χ2n) is 13.5. The number of carbonyl (C=O) groups is 8. The Kier molecular flexibility index (Phi) is 16.6.